The van der Waals surface area contributed by atoms with E-state index in [9.17, 15) is 9.59 Å². The largest absolute Gasteiger partial charge is 0.493 e. The summed E-state index contributed by atoms with van der Waals surface area (Å²) in [5.41, 5.74) is 6.63. The summed E-state index contributed by atoms with van der Waals surface area (Å²) in [6.45, 7) is 0.298. The first-order valence-corrected chi connectivity index (χ1v) is 7.84. The van der Waals surface area contributed by atoms with Gasteiger partial charge in [0.2, 0.25) is 0 Å². The van der Waals surface area contributed by atoms with Crippen molar-refractivity contribution in [3.63, 3.8) is 0 Å². The predicted molar refractivity (Wildman–Crippen MR) is 91.5 cm³/mol. The zero-order valence-electron chi connectivity index (χ0n) is 14.3. The normalized spacial score (nSPS) is 10.3. The SMILES string of the molecule is COc1cc(C(=O)NCCCc2cnn(C)c2)ccc1OCC(N)=O. The fraction of sp³-hybridized carbons (Fsp3) is 0.353. The number of methoxy groups -OCH3 is 1. The van der Waals surface area contributed by atoms with Crippen molar-refractivity contribution in [2.24, 2.45) is 12.8 Å². The van der Waals surface area contributed by atoms with Crippen LogP contribution in [0.4, 0.5) is 0 Å². The Morgan fingerprint density at radius 1 is 1.32 bits per heavy atom. The molecule has 0 unspecified atom stereocenters. The molecule has 0 radical (unpaired) electrons. The van der Waals surface area contributed by atoms with E-state index in [-0.39, 0.29) is 12.5 Å². The maximum absolute atomic E-state index is 12.2. The average Bonchev–Trinajstić information content (AvgIpc) is 3.01. The highest BCUT2D eigenvalue weighted by atomic mass is 16.5. The highest BCUT2D eigenvalue weighted by Crippen LogP contribution is 2.28. The van der Waals surface area contributed by atoms with Gasteiger partial charge < -0.3 is 20.5 Å². The van der Waals surface area contributed by atoms with Crippen molar-refractivity contribution in [3.05, 3.63) is 41.7 Å². The van der Waals surface area contributed by atoms with E-state index in [0.717, 1.165) is 18.4 Å². The maximum atomic E-state index is 12.2. The number of aromatic nitrogens is 2. The third kappa shape index (κ3) is 5.52. The van der Waals surface area contributed by atoms with Gasteiger partial charge in [-0.25, -0.2) is 0 Å². The second-order valence-corrected chi connectivity index (χ2v) is 5.50. The lowest BCUT2D eigenvalue weighted by Crippen LogP contribution is -2.25. The van der Waals surface area contributed by atoms with Gasteiger partial charge in [0, 0.05) is 25.4 Å². The second-order valence-electron chi connectivity index (χ2n) is 5.50. The van der Waals surface area contributed by atoms with Crippen molar-refractivity contribution in [1.29, 1.82) is 0 Å². The molecule has 0 bridgehead atoms. The van der Waals surface area contributed by atoms with Crippen molar-refractivity contribution >= 4 is 11.8 Å². The maximum Gasteiger partial charge on any atom is 0.255 e. The van der Waals surface area contributed by atoms with Crippen molar-refractivity contribution < 1.29 is 19.1 Å². The fourth-order valence-corrected chi connectivity index (χ4v) is 2.27. The van der Waals surface area contributed by atoms with Gasteiger partial charge in [0.1, 0.15) is 0 Å². The summed E-state index contributed by atoms with van der Waals surface area (Å²) in [5.74, 6) is -0.0675. The molecule has 2 rings (SSSR count). The van der Waals surface area contributed by atoms with Gasteiger partial charge in [0.05, 0.1) is 13.3 Å². The molecule has 8 heteroatoms. The molecule has 134 valence electrons. The van der Waals surface area contributed by atoms with Gasteiger partial charge in [-0.05, 0) is 36.6 Å². The quantitative estimate of drug-likeness (QED) is 0.648. The summed E-state index contributed by atoms with van der Waals surface area (Å²) >= 11 is 0. The molecular formula is C17H22N4O4. The van der Waals surface area contributed by atoms with E-state index in [2.05, 4.69) is 10.4 Å². The Morgan fingerprint density at radius 2 is 2.12 bits per heavy atom. The number of hydrogen-bond donors (Lipinski definition) is 2. The number of benzene rings is 1. The first-order chi connectivity index (χ1) is 12.0. The van der Waals surface area contributed by atoms with Crippen molar-refractivity contribution in [2.45, 2.75) is 12.8 Å². The van der Waals surface area contributed by atoms with E-state index in [1.54, 1.807) is 22.9 Å². The number of rotatable bonds is 9. The molecule has 0 atom stereocenters. The molecule has 0 fully saturated rings. The molecule has 0 saturated carbocycles. The third-order valence-electron chi connectivity index (χ3n) is 3.48. The number of nitrogens with one attached hydrogen (secondary N) is 1. The first kappa shape index (κ1) is 18.3. The smallest absolute Gasteiger partial charge is 0.255 e. The summed E-state index contributed by atoms with van der Waals surface area (Å²) in [5, 5.41) is 6.97. The molecule has 3 N–H and O–H groups in total. The second kappa shape index (κ2) is 8.72. The molecule has 0 spiro atoms. The van der Waals surface area contributed by atoms with Crippen molar-refractivity contribution in [2.75, 3.05) is 20.3 Å². The zero-order valence-corrected chi connectivity index (χ0v) is 14.3. The Kier molecular flexibility index (Phi) is 6.39. The summed E-state index contributed by atoms with van der Waals surface area (Å²) in [6.07, 6.45) is 5.43. The van der Waals surface area contributed by atoms with E-state index >= 15 is 0 Å². The number of hydrogen-bond acceptors (Lipinski definition) is 5. The lowest BCUT2D eigenvalue weighted by molar-refractivity contribution is -0.119. The van der Waals surface area contributed by atoms with Crippen molar-refractivity contribution in [3.8, 4) is 11.5 Å². The number of nitrogens with zero attached hydrogens (tertiary/aromatic N) is 2. The number of nitrogens with two attached hydrogens (primary N) is 1. The van der Waals surface area contributed by atoms with Gasteiger partial charge >= 0.3 is 0 Å². The summed E-state index contributed by atoms with van der Waals surface area (Å²) in [4.78, 5) is 23.0. The van der Waals surface area contributed by atoms with Crippen LogP contribution in [-0.4, -0.2) is 41.9 Å². The minimum absolute atomic E-state index is 0.203. The Hall–Kier alpha value is -3.03. The van der Waals surface area contributed by atoms with Gasteiger partial charge in [0.15, 0.2) is 18.1 Å². The van der Waals surface area contributed by atoms with E-state index in [0.29, 0.717) is 23.6 Å². The van der Waals surface area contributed by atoms with E-state index in [1.807, 2.05) is 19.4 Å². The number of carbonyl (C=O) groups is 2. The monoisotopic (exact) mass is 346 g/mol. The number of ether oxygens (including phenoxy) is 2. The van der Waals surface area contributed by atoms with E-state index in [1.165, 1.54) is 7.11 Å². The molecule has 1 aromatic heterocycles. The molecule has 1 aromatic carbocycles. The molecule has 0 saturated heterocycles. The van der Waals surface area contributed by atoms with Crippen LogP contribution in [-0.2, 0) is 18.3 Å². The van der Waals surface area contributed by atoms with Gasteiger partial charge in [-0.2, -0.15) is 5.10 Å². The molecule has 2 aromatic rings. The Bertz CT molecular complexity index is 742. The predicted octanol–water partition coefficient (Wildman–Crippen LogP) is 0.655. The van der Waals surface area contributed by atoms with Crippen LogP contribution in [0.1, 0.15) is 22.3 Å². The first-order valence-electron chi connectivity index (χ1n) is 7.84. The molecule has 1 heterocycles. The molecule has 2 amide bonds. The highest BCUT2D eigenvalue weighted by molar-refractivity contribution is 5.94. The van der Waals surface area contributed by atoms with Crippen LogP contribution >= 0.6 is 0 Å². The van der Waals surface area contributed by atoms with Crippen LogP contribution in [0, 0.1) is 0 Å². The van der Waals surface area contributed by atoms with Crippen molar-refractivity contribution in [1.82, 2.24) is 15.1 Å². The molecule has 0 aliphatic heterocycles. The Balaban J connectivity index is 1.86. The lowest BCUT2D eigenvalue weighted by atomic mass is 10.1. The fourth-order valence-electron chi connectivity index (χ4n) is 2.27. The van der Waals surface area contributed by atoms with Crippen LogP contribution in [0.2, 0.25) is 0 Å². The minimum Gasteiger partial charge on any atom is -0.493 e. The molecule has 8 nitrogen and oxygen atoms in total. The lowest BCUT2D eigenvalue weighted by Gasteiger charge is -2.11. The molecule has 25 heavy (non-hydrogen) atoms. The van der Waals surface area contributed by atoms with E-state index < -0.39 is 5.91 Å². The van der Waals surface area contributed by atoms with Crippen LogP contribution < -0.4 is 20.5 Å². The van der Waals surface area contributed by atoms with Crippen LogP contribution in [0.15, 0.2) is 30.6 Å². The van der Waals surface area contributed by atoms with Crippen LogP contribution in [0.5, 0.6) is 11.5 Å². The van der Waals surface area contributed by atoms with Gasteiger partial charge in [0.25, 0.3) is 11.8 Å². The van der Waals surface area contributed by atoms with Gasteiger partial charge in [-0.3, -0.25) is 14.3 Å². The van der Waals surface area contributed by atoms with Gasteiger partial charge in [-0.15, -0.1) is 0 Å². The van der Waals surface area contributed by atoms with E-state index in [4.69, 9.17) is 15.2 Å². The van der Waals surface area contributed by atoms with Crippen LogP contribution in [0.25, 0.3) is 0 Å². The molecule has 0 aliphatic carbocycles. The number of carbonyl (C=O) groups excluding carboxylic acids is 2. The highest BCUT2D eigenvalue weighted by Gasteiger charge is 2.11. The summed E-state index contributed by atoms with van der Waals surface area (Å²) in [6, 6.07) is 4.74. The summed E-state index contributed by atoms with van der Waals surface area (Å²) < 4.78 is 12.2. The number of aryl methyl sites for hydroxylation is 2. The van der Waals surface area contributed by atoms with Crippen LogP contribution in [0.3, 0.4) is 0 Å². The number of primary amides is 1. The molecular weight excluding hydrogens is 324 g/mol. The minimum atomic E-state index is -0.586. The Morgan fingerprint density at radius 3 is 2.76 bits per heavy atom. The average molecular weight is 346 g/mol. The Labute approximate surface area is 145 Å². The summed E-state index contributed by atoms with van der Waals surface area (Å²) in [7, 11) is 3.33. The zero-order chi connectivity index (χ0) is 18.2. The standard InChI is InChI=1S/C17H22N4O4/c1-21-10-12(9-20-21)4-3-7-19-17(23)13-5-6-14(15(8-13)24-2)25-11-16(18)22/h5-6,8-10H,3-4,7,11H2,1-2H3,(H2,18,22)(H,19,23). The topological polar surface area (TPSA) is 108 Å². The van der Waals surface area contributed by atoms with Gasteiger partial charge in [-0.1, -0.05) is 0 Å². The number of amides is 2. The molecule has 0 aliphatic rings. The third-order valence-corrected chi connectivity index (χ3v) is 3.48.